The minimum atomic E-state index is -2.97. The van der Waals surface area contributed by atoms with Crippen LogP contribution in [0.2, 0.25) is 12.6 Å². The molecule has 0 aromatic carbocycles. The Labute approximate surface area is 225 Å². The van der Waals surface area contributed by atoms with Crippen LogP contribution >= 0.6 is 69.6 Å². The van der Waals surface area contributed by atoms with Crippen molar-refractivity contribution in [3.8, 4) is 0 Å². The van der Waals surface area contributed by atoms with Crippen molar-refractivity contribution in [2.75, 3.05) is 0 Å². The molecule has 20 heteroatoms. The Hall–Kier alpha value is -1.31. The van der Waals surface area contributed by atoms with Gasteiger partial charge < -0.3 is 28.5 Å². The molecule has 3 heterocycles. The fourth-order valence-corrected chi connectivity index (χ4v) is 2.77. The minimum absolute atomic E-state index is 0.0521. The molecule has 3 aliphatic heterocycles. The van der Waals surface area contributed by atoms with E-state index in [1.165, 1.54) is 0 Å². The Morgan fingerprint density at radius 2 is 0.676 bits per heavy atom. The molecule has 12 nitrogen and oxygen atoms in total. The topological polar surface area (TPSA) is 130 Å². The maximum absolute atomic E-state index is 6.08. The molecule has 0 saturated heterocycles. The summed E-state index contributed by atoms with van der Waals surface area (Å²) in [6.07, 6.45) is 2.48. The molecule has 0 atom stereocenters. The quantitative estimate of drug-likeness (QED) is 0.349. The molecule has 0 aromatic rings. The van der Waals surface area contributed by atoms with Gasteiger partial charge in [-0.05, 0) is 0 Å². The summed E-state index contributed by atoms with van der Waals surface area (Å²) in [6.45, 7) is -2.15. The normalized spacial score (nSPS) is 33.8. The zero-order valence-electron chi connectivity index (χ0n) is 17.8. The van der Waals surface area contributed by atoms with Crippen LogP contribution in [0.5, 0.6) is 0 Å². The summed E-state index contributed by atoms with van der Waals surface area (Å²) in [5, 5.41) is 19.4. The van der Waals surface area contributed by atoms with E-state index in [0.29, 0.717) is 25.7 Å². The number of nitrogens with zero attached hydrogens (tertiary/aromatic N) is 6. The average Bonchev–Trinajstić information content (AvgIpc) is 2.84. The number of oxime groups is 6. The van der Waals surface area contributed by atoms with Gasteiger partial charge in [-0.1, -0.05) is 122 Å². The summed E-state index contributed by atoms with van der Waals surface area (Å²) in [5.41, 5.74) is 0. The molecule has 3 aliphatic rings. The van der Waals surface area contributed by atoms with Crippen LogP contribution in [-0.2, 0) is 28.5 Å². The first kappa shape index (κ1) is 28.9. The van der Waals surface area contributed by atoms with Gasteiger partial charge in [0.1, 0.15) is 0 Å². The maximum Gasteiger partial charge on any atom is 0.609 e. The lowest BCUT2D eigenvalue weighted by atomic mass is 9.73. The number of hydrogen-bond acceptors (Lipinski definition) is 12. The Bertz CT molecular complexity index is 747. The summed E-state index contributed by atoms with van der Waals surface area (Å²) >= 11 is 36.5. The summed E-state index contributed by atoms with van der Waals surface area (Å²) < 4.78 is 32.4. The number of unbranched alkanes of at least 4 members (excludes halogenated alkanes) is 2. The van der Waals surface area contributed by atoms with Crippen LogP contribution in [0.1, 0.15) is 39.5 Å². The van der Waals surface area contributed by atoms with E-state index >= 15 is 0 Å². The van der Waals surface area contributed by atoms with Crippen molar-refractivity contribution in [1.82, 2.24) is 0 Å². The molecule has 0 fully saturated rings. The van der Waals surface area contributed by atoms with E-state index in [4.69, 9.17) is 98.1 Å². The second-order valence-electron chi connectivity index (χ2n) is 6.79. The predicted molar refractivity (Wildman–Crippen MR) is 137 cm³/mol. The van der Waals surface area contributed by atoms with E-state index in [2.05, 4.69) is 30.9 Å². The molecule has 0 N–H and O–H groups in total. The van der Waals surface area contributed by atoms with E-state index in [1.54, 1.807) is 0 Å². The van der Waals surface area contributed by atoms with Gasteiger partial charge in [-0.25, -0.2) is 0 Å². The van der Waals surface area contributed by atoms with Gasteiger partial charge in [0.05, 0.1) is 0 Å². The molecule has 190 valence electrons. The van der Waals surface area contributed by atoms with Crippen LogP contribution in [0.25, 0.3) is 0 Å². The van der Waals surface area contributed by atoms with Gasteiger partial charge in [0.25, 0.3) is 0 Å². The van der Waals surface area contributed by atoms with Crippen LogP contribution in [0, 0.1) is 0 Å². The molecule has 0 saturated carbocycles. The van der Waals surface area contributed by atoms with E-state index in [0.717, 1.165) is 0 Å². The Morgan fingerprint density at radius 3 is 0.853 bits per heavy atom. The molecular formula is C14H18B2Cl6N6O6-2. The first-order chi connectivity index (χ1) is 16.2. The summed E-state index contributed by atoms with van der Waals surface area (Å²) in [4.78, 5) is 0. The van der Waals surface area contributed by atoms with Crippen molar-refractivity contribution in [3.05, 3.63) is 0 Å². The van der Waals surface area contributed by atoms with Crippen LogP contribution in [-0.4, -0.2) is 44.5 Å². The standard InChI is InChI=1S/C14H18B2Cl6N6O6/c1-3-5-7-15-29-23-9(17)12(20)26-32-16(8-6-4-2,33-27-13(21)10(18)24-30-15)34-28-14(22)11(19)25-31-15/h3-8H2,1-2H3/q-2/b23-9-,24-10-,25-11-,26-12-,27-13-,28-14?. The predicted octanol–water partition coefficient (Wildman–Crippen LogP) is 5.91. The van der Waals surface area contributed by atoms with E-state index in [9.17, 15) is 0 Å². The van der Waals surface area contributed by atoms with Gasteiger partial charge in [0, 0.05) is 0 Å². The molecule has 0 spiro atoms. The van der Waals surface area contributed by atoms with Crippen LogP contribution in [0.4, 0.5) is 0 Å². The van der Waals surface area contributed by atoms with Crippen LogP contribution < -0.4 is 0 Å². The lowest BCUT2D eigenvalue weighted by Crippen LogP contribution is -2.44. The Morgan fingerprint density at radius 1 is 0.471 bits per heavy atom. The van der Waals surface area contributed by atoms with E-state index < -0.39 is 44.5 Å². The lowest BCUT2D eigenvalue weighted by Gasteiger charge is -2.35. The average molecular weight is 601 g/mol. The first-order valence-corrected chi connectivity index (χ1v) is 12.2. The molecule has 0 amide bonds. The zero-order valence-corrected chi connectivity index (χ0v) is 22.3. The fraction of sp³-hybridized carbons (Fsp3) is 0.571. The highest BCUT2D eigenvalue weighted by molar-refractivity contribution is 7.01. The Kier molecular flexibility index (Phi) is 11.6. The molecule has 0 unspecified atom stereocenters. The molecular weight excluding hydrogens is 583 g/mol. The van der Waals surface area contributed by atoms with Gasteiger partial charge in [0.15, 0.2) is 0 Å². The SMILES string of the molecule is CCCC[B-]12ON=C(Cl)/C(Cl)=N/O[B-](CCCC)(O/N=C(Cl)/C(Cl)=N/O1)O/N=C(Cl)/C(Cl)=N/O2. The van der Waals surface area contributed by atoms with E-state index in [-0.39, 0.29) is 12.6 Å². The third-order valence-electron chi connectivity index (χ3n) is 4.09. The van der Waals surface area contributed by atoms with Gasteiger partial charge in [-0.3, -0.25) is 0 Å². The van der Waals surface area contributed by atoms with Gasteiger partial charge in [0.2, 0.25) is 31.0 Å². The van der Waals surface area contributed by atoms with Crippen molar-refractivity contribution in [3.63, 3.8) is 0 Å². The molecule has 2 bridgehead atoms. The molecule has 0 aromatic heterocycles. The second-order valence-corrected chi connectivity index (χ2v) is 8.93. The maximum atomic E-state index is 6.08. The minimum Gasteiger partial charge on any atom is -0.539 e. The Balaban J connectivity index is 2.73. The van der Waals surface area contributed by atoms with E-state index in [1.807, 2.05) is 13.8 Å². The second kappa shape index (κ2) is 13.7. The van der Waals surface area contributed by atoms with Gasteiger partial charge in [-0.15, -0.1) is 30.9 Å². The highest BCUT2D eigenvalue weighted by atomic mass is 35.5. The third-order valence-corrected chi connectivity index (χ3v) is 5.87. The monoisotopic (exact) mass is 598 g/mol. The lowest BCUT2D eigenvalue weighted by molar-refractivity contribution is 0.0631. The summed E-state index contributed by atoms with van der Waals surface area (Å²) in [6, 6.07) is 0. The largest absolute Gasteiger partial charge is 0.609 e. The molecule has 34 heavy (non-hydrogen) atoms. The first-order valence-electron chi connectivity index (χ1n) is 9.97. The van der Waals surface area contributed by atoms with Crippen molar-refractivity contribution in [2.45, 2.75) is 52.2 Å². The summed E-state index contributed by atoms with van der Waals surface area (Å²) in [5.74, 6) is 0. The van der Waals surface area contributed by atoms with Crippen LogP contribution in [0.3, 0.4) is 0 Å². The molecule has 3 rings (SSSR count). The molecule has 0 radical (unpaired) electrons. The smallest absolute Gasteiger partial charge is 0.539 e. The third kappa shape index (κ3) is 8.42. The number of hydrogen-bond donors (Lipinski definition) is 0. The van der Waals surface area contributed by atoms with Crippen molar-refractivity contribution in [1.29, 1.82) is 0 Å². The van der Waals surface area contributed by atoms with Crippen molar-refractivity contribution >= 4 is 114 Å². The molecule has 0 aliphatic carbocycles. The van der Waals surface area contributed by atoms with Gasteiger partial charge >= 0.3 is 13.5 Å². The fourth-order valence-electron chi connectivity index (χ4n) is 2.33. The number of rotatable bonds is 6. The van der Waals surface area contributed by atoms with Crippen LogP contribution in [0.15, 0.2) is 30.9 Å². The highest BCUT2D eigenvalue weighted by Crippen LogP contribution is 2.25. The highest BCUT2D eigenvalue weighted by Gasteiger charge is 2.40. The van der Waals surface area contributed by atoms with Gasteiger partial charge in [-0.2, -0.15) is 0 Å². The van der Waals surface area contributed by atoms with Crippen molar-refractivity contribution < 1.29 is 28.5 Å². The van der Waals surface area contributed by atoms with Crippen molar-refractivity contribution in [2.24, 2.45) is 30.9 Å². The zero-order chi connectivity index (χ0) is 25.2. The summed E-state index contributed by atoms with van der Waals surface area (Å²) in [7, 11) is 0. The number of fused-ring (bicyclic) bond motifs is 9. The number of halogens is 6.